The first kappa shape index (κ1) is 19.0. The van der Waals surface area contributed by atoms with Crippen LogP contribution in [0.2, 0.25) is 0 Å². The van der Waals surface area contributed by atoms with Crippen molar-refractivity contribution < 1.29 is 9.18 Å². The predicted octanol–water partition coefficient (Wildman–Crippen LogP) is 3.89. The number of hydrogen-bond donors (Lipinski definition) is 1. The quantitative estimate of drug-likeness (QED) is 0.625. The van der Waals surface area contributed by atoms with Crippen molar-refractivity contribution in [3.8, 4) is 0 Å². The molecule has 7 heteroatoms. The standard InChI is InChI=1S/C20H17BrFN3O2/c1-2-25(19(26)10-7-13-11-14(21)8-9-16(13)22)12-18-23-17-6-4-3-5-15(17)20(27)24-18/h3-11H,2,12H2,1H3,(H,23,24,27)/b10-7+. The zero-order chi connectivity index (χ0) is 19.4. The monoisotopic (exact) mass is 429 g/mol. The van der Waals surface area contributed by atoms with Crippen molar-refractivity contribution in [3.63, 3.8) is 0 Å². The van der Waals surface area contributed by atoms with Gasteiger partial charge in [0.15, 0.2) is 0 Å². The average molecular weight is 430 g/mol. The van der Waals surface area contributed by atoms with Crippen molar-refractivity contribution in [1.29, 1.82) is 0 Å². The number of likely N-dealkylation sites (N-methyl/N-ethyl adjacent to an activating group) is 1. The molecule has 1 amide bonds. The summed E-state index contributed by atoms with van der Waals surface area (Å²) in [5.41, 5.74) is 0.642. The Hall–Kier alpha value is -2.80. The third-order valence-electron chi connectivity index (χ3n) is 4.06. The fourth-order valence-electron chi connectivity index (χ4n) is 2.64. The lowest BCUT2D eigenvalue weighted by molar-refractivity contribution is -0.126. The zero-order valence-electron chi connectivity index (χ0n) is 14.6. The highest BCUT2D eigenvalue weighted by atomic mass is 79.9. The Morgan fingerprint density at radius 3 is 2.85 bits per heavy atom. The normalized spacial score (nSPS) is 11.2. The number of fused-ring (bicyclic) bond motifs is 1. The molecule has 1 heterocycles. The van der Waals surface area contributed by atoms with Crippen molar-refractivity contribution >= 4 is 38.8 Å². The molecule has 27 heavy (non-hydrogen) atoms. The largest absolute Gasteiger partial charge is 0.332 e. The predicted molar refractivity (Wildman–Crippen MR) is 107 cm³/mol. The molecule has 0 saturated carbocycles. The third kappa shape index (κ3) is 4.49. The lowest BCUT2D eigenvalue weighted by Crippen LogP contribution is -2.30. The average Bonchev–Trinajstić information content (AvgIpc) is 2.66. The number of para-hydroxylation sites is 1. The number of hydrogen-bond acceptors (Lipinski definition) is 3. The van der Waals surface area contributed by atoms with Gasteiger partial charge >= 0.3 is 0 Å². The van der Waals surface area contributed by atoms with Gasteiger partial charge in [-0.3, -0.25) is 9.59 Å². The zero-order valence-corrected chi connectivity index (χ0v) is 16.2. The molecule has 0 aliphatic carbocycles. The van der Waals surface area contributed by atoms with E-state index in [1.807, 2.05) is 6.92 Å². The van der Waals surface area contributed by atoms with Gasteiger partial charge < -0.3 is 9.88 Å². The van der Waals surface area contributed by atoms with Crippen molar-refractivity contribution in [3.05, 3.63) is 80.6 Å². The number of nitrogens with one attached hydrogen (secondary N) is 1. The Kier molecular flexibility index (Phi) is 5.81. The molecule has 0 fully saturated rings. The van der Waals surface area contributed by atoms with Gasteiger partial charge in [0.1, 0.15) is 11.6 Å². The Labute approximate surface area is 163 Å². The number of aromatic amines is 1. The minimum Gasteiger partial charge on any atom is -0.332 e. The third-order valence-corrected chi connectivity index (χ3v) is 4.55. The van der Waals surface area contributed by atoms with E-state index < -0.39 is 5.82 Å². The highest BCUT2D eigenvalue weighted by Crippen LogP contribution is 2.17. The summed E-state index contributed by atoms with van der Waals surface area (Å²) in [5.74, 6) is -0.311. The Bertz CT molecular complexity index is 1080. The van der Waals surface area contributed by atoms with Gasteiger partial charge in [0, 0.05) is 22.7 Å². The van der Waals surface area contributed by atoms with E-state index >= 15 is 0 Å². The van der Waals surface area contributed by atoms with Crippen molar-refractivity contribution in [2.75, 3.05) is 6.54 Å². The van der Waals surface area contributed by atoms with Gasteiger partial charge in [-0.25, -0.2) is 9.37 Å². The first-order valence-corrected chi connectivity index (χ1v) is 9.17. The molecule has 1 N–H and O–H groups in total. The van der Waals surface area contributed by atoms with Crippen LogP contribution in [0.1, 0.15) is 18.3 Å². The maximum absolute atomic E-state index is 13.8. The molecule has 1 aromatic heterocycles. The number of H-pyrrole nitrogens is 1. The number of halogens is 2. The number of amides is 1. The Morgan fingerprint density at radius 1 is 1.30 bits per heavy atom. The van der Waals surface area contributed by atoms with Gasteiger partial charge in [-0.1, -0.05) is 28.1 Å². The van der Waals surface area contributed by atoms with Gasteiger partial charge in [0.05, 0.1) is 17.4 Å². The van der Waals surface area contributed by atoms with Crippen LogP contribution in [-0.4, -0.2) is 27.3 Å². The molecule has 0 spiro atoms. The van der Waals surface area contributed by atoms with Crippen LogP contribution >= 0.6 is 15.9 Å². The molecule has 3 rings (SSSR count). The van der Waals surface area contributed by atoms with Crippen LogP contribution in [0, 0.1) is 5.82 Å². The van der Waals surface area contributed by atoms with Crippen molar-refractivity contribution in [2.24, 2.45) is 0 Å². The van der Waals surface area contributed by atoms with E-state index in [2.05, 4.69) is 25.9 Å². The SMILES string of the molecule is CCN(Cc1nc2ccccc2c(=O)[nH]1)C(=O)/C=C/c1cc(Br)ccc1F. The van der Waals surface area contributed by atoms with Crippen LogP contribution in [0.15, 0.2) is 57.8 Å². The molecule has 0 aliphatic rings. The smallest absolute Gasteiger partial charge is 0.258 e. The summed E-state index contributed by atoms with van der Waals surface area (Å²) in [7, 11) is 0. The van der Waals surface area contributed by atoms with E-state index in [-0.39, 0.29) is 18.0 Å². The summed E-state index contributed by atoms with van der Waals surface area (Å²) in [6, 6.07) is 11.5. The maximum Gasteiger partial charge on any atom is 0.258 e. The summed E-state index contributed by atoms with van der Waals surface area (Å²) >= 11 is 3.28. The van der Waals surface area contributed by atoms with E-state index in [4.69, 9.17) is 0 Å². The van der Waals surface area contributed by atoms with Gasteiger partial charge in [-0.15, -0.1) is 0 Å². The van der Waals surface area contributed by atoms with E-state index in [0.717, 1.165) is 4.47 Å². The molecule has 3 aromatic rings. The highest BCUT2D eigenvalue weighted by molar-refractivity contribution is 9.10. The number of rotatable bonds is 5. The van der Waals surface area contributed by atoms with Crippen molar-refractivity contribution in [1.82, 2.24) is 14.9 Å². The molecule has 5 nitrogen and oxygen atoms in total. The second-order valence-corrected chi connectivity index (χ2v) is 6.80. The second kappa shape index (κ2) is 8.26. The molecule has 0 unspecified atom stereocenters. The number of carbonyl (C=O) groups is 1. The van der Waals surface area contributed by atoms with Crippen LogP contribution in [0.4, 0.5) is 4.39 Å². The highest BCUT2D eigenvalue weighted by Gasteiger charge is 2.12. The van der Waals surface area contributed by atoms with Gasteiger partial charge in [-0.2, -0.15) is 0 Å². The van der Waals surface area contributed by atoms with Crippen LogP contribution in [-0.2, 0) is 11.3 Å². The lowest BCUT2D eigenvalue weighted by Gasteiger charge is -2.18. The first-order chi connectivity index (χ1) is 13.0. The molecule has 0 saturated heterocycles. The van der Waals surface area contributed by atoms with E-state index in [1.165, 1.54) is 23.1 Å². The summed E-state index contributed by atoms with van der Waals surface area (Å²) in [4.78, 5) is 33.3. The number of aromatic nitrogens is 2. The molecular formula is C20H17BrFN3O2. The van der Waals surface area contributed by atoms with E-state index in [9.17, 15) is 14.0 Å². The van der Waals surface area contributed by atoms with Gasteiger partial charge in [0.25, 0.3) is 5.56 Å². The van der Waals surface area contributed by atoms with E-state index in [0.29, 0.717) is 28.8 Å². The Morgan fingerprint density at radius 2 is 2.07 bits per heavy atom. The summed E-state index contributed by atoms with van der Waals surface area (Å²) in [6.45, 7) is 2.39. The topological polar surface area (TPSA) is 66.1 Å². The molecule has 0 aliphatic heterocycles. The second-order valence-electron chi connectivity index (χ2n) is 5.88. The fourth-order valence-corrected chi connectivity index (χ4v) is 3.02. The molecule has 2 aromatic carbocycles. The summed E-state index contributed by atoms with van der Waals surface area (Å²) < 4.78 is 14.5. The van der Waals surface area contributed by atoms with Gasteiger partial charge in [-0.05, 0) is 43.3 Å². The Balaban J connectivity index is 1.80. The van der Waals surface area contributed by atoms with Crippen LogP contribution in [0.25, 0.3) is 17.0 Å². The first-order valence-electron chi connectivity index (χ1n) is 8.38. The van der Waals surface area contributed by atoms with E-state index in [1.54, 1.807) is 36.4 Å². The number of carbonyl (C=O) groups excluding carboxylic acids is 1. The minimum absolute atomic E-state index is 0.153. The summed E-state index contributed by atoms with van der Waals surface area (Å²) in [5, 5.41) is 0.501. The molecular weight excluding hydrogens is 413 g/mol. The summed E-state index contributed by atoms with van der Waals surface area (Å²) in [6.07, 6.45) is 2.75. The lowest BCUT2D eigenvalue weighted by atomic mass is 10.2. The molecule has 0 radical (unpaired) electrons. The molecule has 0 atom stereocenters. The van der Waals surface area contributed by atoms with Crippen LogP contribution < -0.4 is 5.56 Å². The maximum atomic E-state index is 13.8. The van der Waals surface area contributed by atoms with Crippen LogP contribution in [0.3, 0.4) is 0 Å². The molecule has 138 valence electrons. The minimum atomic E-state index is -0.411. The van der Waals surface area contributed by atoms with Crippen LogP contribution in [0.5, 0.6) is 0 Å². The number of benzene rings is 2. The number of nitrogens with zero attached hydrogens (tertiary/aromatic N) is 2. The van der Waals surface area contributed by atoms with Crippen molar-refractivity contribution in [2.45, 2.75) is 13.5 Å². The fraction of sp³-hybridized carbons (Fsp3) is 0.150. The van der Waals surface area contributed by atoms with Gasteiger partial charge in [0.2, 0.25) is 5.91 Å². The molecule has 0 bridgehead atoms.